The van der Waals surface area contributed by atoms with Gasteiger partial charge in [-0.3, -0.25) is 4.79 Å². The zero-order valence-corrected chi connectivity index (χ0v) is 19.2. The van der Waals surface area contributed by atoms with Gasteiger partial charge in [-0.1, -0.05) is 18.1 Å². The number of carbonyl (C=O) groups is 1. The summed E-state index contributed by atoms with van der Waals surface area (Å²) in [7, 11) is 0. The molecule has 4 aromatic rings. The molecule has 1 aliphatic carbocycles. The van der Waals surface area contributed by atoms with Crippen molar-refractivity contribution in [2.24, 2.45) is 5.41 Å². The second kappa shape index (κ2) is 8.40. The van der Waals surface area contributed by atoms with E-state index in [-0.39, 0.29) is 11.3 Å². The number of amides is 1. The minimum atomic E-state index is -0.196. The maximum Gasteiger partial charge on any atom is 0.277 e. The fraction of sp³-hybridized carbons (Fsp3) is 0.217. The number of hydrogen-bond acceptors (Lipinski definition) is 8. The molecule has 0 aliphatic heterocycles. The summed E-state index contributed by atoms with van der Waals surface area (Å²) < 4.78 is 8.68. The minimum Gasteiger partial charge on any atom is -0.332 e. The highest BCUT2D eigenvalue weighted by Crippen LogP contribution is 2.45. The molecule has 162 valence electrons. The molecule has 2 N–H and O–H groups in total. The number of anilines is 2. The molecule has 0 atom stereocenters. The van der Waals surface area contributed by atoms with Crippen LogP contribution in [0.25, 0.3) is 23.0 Å². The Bertz CT molecular complexity index is 1260. The van der Waals surface area contributed by atoms with Gasteiger partial charge in [0.15, 0.2) is 0 Å². The molecule has 5 rings (SSSR count). The SMILES string of the molecule is Cc1nc(-c2nc(-c3ccc(SNc4cccc(NC(=O)C5(C)CC5)c4)cc3)no2)cs1. The number of rotatable bonds is 7. The molecule has 9 heteroatoms. The van der Waals surface area contributed by atoms with Gasteiger partial charge in [0.25, 0.3) is 5.89 Å². The summed E-state index contributed by atoms with van der Waals surface area (Å²) in [4.78, 5) is 22.1. The Hall–Kier alpha value is -3.17. The lowest BCUT2D eigenvalue weighted by Crippen LogP contribution is -2.21. The largest absolute Gasteiger partial charge is 0.332 e. The Morgan fingerprint density at radius 2 is 1.91 bits per heavy atom. The van der Waals surface area contributed by atoms with Crippen LogP contribution in [-0.2, 0) is 4.79 Å². The highest BCUT2D eigenvalue weighted by atomic mass is 32.2. The summed E-state index contributed by atoms with van der Waals surface area (Å²) in [5.41, 5.74) is 3.09. The second-order valence-electron chi connectivity index (χ2n) is 8.00. The molecule has 0 radical (unpaired) electrons. The van der Waals surface area contributed by atoms with Gasteiger partial charge in [0, 0.05) is 32.6 Å². The van der Waals surface area contributed by atoms with Crippen LogP contribution < -0.4 is 10.0 Å². The number of benzene rings is 2. The summed E-state index contributed by atoms with van der Waals surface area (Å²) in [5.74, 6) is 1.04. The van der Waals surface area contributed by atoms with Crippen molar-refractivity contribution in [3.63, 3.8) is 0 Å². The molecule has 2 aromatic heterocycles. The topological polar surface area (TPSA) is 92.9 Å². The normalized spacial score (nSPS) is 14.2. The van der Waals surface area contributed by atoms with E-state index in [1.54, 1.807) is 11.3 Å². The first-order chi connectivity index (χ1) is 15.5. The zero-order valence-electron chi connectivity index (χ0n) is 17.6. The van der Waals surface area contributed by atoms with E-state index < -0.39 is 0 Å². The van der Waals surface area contributed by atoms with Crippen molar-refractivity contribution < 1.29 is 9.32 Å². The van der Waals surface area contributed by atoms with Gasteiger partial charge < -0.3 is 14.6 Å². The third kappa shape index (κ3) is 4.53. The van der Waals surface area contributed by atoms with E-state index in [4.69, 9.17) is 4.52 Å². The molecule has 0 spiro atoms. The quantitative estimate of drug-likeness (QED) is 0.323. The van der Waals surface area contributed by atoms with E-state index in [1.807, 2.05) is 67.8 Å². The number of hydrogen-bond donors (Lipinski definition) is 2. The lowest BCUT2D eigenvalue weighted by molar-refractivity contribution is -0.120. The third-order valence-corrected chi connectivity index (χ3v) is 6.95. The van der Waals surface area contributed by atoms with Gasteiger partial charge in [-0.25, -0.2) is 4.98 Å². The fourth-order valence-corrected chi connectivity index (χ4v) is 4.27. The molecule has 7 nitrogen and oxygen atoms in total. The van der Waals surface area contributed by atoms with Gasteiger partial charge in [-0.15, -0.1) is 11.3 Å². The molecule has 32 heavy (non-hydrogen) atoms. The van der Waals surface area contributed by atoms with Crippen molar-refractivity contribution in [2.75, 3.05) is 10.0 Å². The number of aromatic nitrogens is 3. The first-order valence-corrected chi connectivity index (χ1v) is 11.9. The highest BCUT2D eigenvalue weighted by molar-refractivity contribution is 8.00. The molecule has 1 amide bonds. The van der Waals surface area contributed by atoms with Gasteiger partial charge in [0.2, 0.25) is 11.7 Å². The molecule has 0 saturated heterocycles. The molecule has 1 fully saturated rings. The van der Waals surface area contributed by atoms with Crippen molar-refractivity contribution >= 4 is 40.6 Å². The lowest BCUT2D eigenvalue weighted by Gasteiger charge is -2.12. The Morgan fingerprint density at radius 3 is 2.62 bits per heavy atom. The summed E-state index contributed by atoms with van der Waals surface area (Å²) >= 11 is 3.04. The first-order valence-electron chi connectivity index (χ1n) is 10.2. The Labute approximate surface area is 193 Å². The van der Waals surface area contributed by atoms with Crippen LogP contribution >= 0.6 is 23.3 Å². The van der Waals surface area contributed by atoms with Crippen molar-refractivity contribution in [2.45, 2.75) is 31.6 Å². The van der Waals surface area contributed by atoms with Crippen LogP contribution in [0.15, 0.2) is 63.3 Å². The zero-order chi connectivity index (χ0) is 22.1. The molecular formula is C23H21N5O2S2. The second-order valence-corrected chi connectivity index (χ2v) is 9.94. The van der Waals surface area contributed by atoms with Crippen LogP contribution in [0.2, 0.25) is 0 Å². The van der Waals surface area contributed by atoms with Gasteiger partial charge in [-0.2, -0.15) is 4.98 Å². The molecular weight excluding hydrogens is 442 g/mol. The summed E-state index contributed by atoms with van der Waals surface area (Å²) in [5, 5.41) is 9.95. The summed E-state index contributed by atoms with van der Waals surface area (Å²) in [6, 6.07) is 15.6. The van der Waals surface area contributed by atoms with Gasteiger partial charge >= 0.3 is 0 Å². The van der Waals surface area contributed by atoms with Crippen LogP contribution in [0.4, 0.5) is 11.4 Å². The van der Waals surface area contributed by atoms with Crippen molar-refractivity contribution in [3.05, 3.63) is 58.9 Å². The number of aryl methyl sites for hydroxylation is 1. The number of nitrogens with one attached hydrogen (secondary N) is 2. The third-order valence-electron chi connectivity index (χ3n) is 5.33. The molecule has 0 bridgehead atoms. The first kappa shape index (κ1) is 20.7. The van der Waals surface area contributed by atoms with Crippen LogP contribution in [0.5, 0.6) is 0 Å². The Morgan fingerprint density at radius 1 is 1.12 bits per heavy atom. The molecule has 0 unspecified atom stereocenters. The van der Waals surface area contributed by atoms with Crippen LogP contribution in [0, 0.1) is 12.3 Å². The van der Waals surface area contributed by atoms with E-state index in [2.05, 4.69) is 25.2 Å². The smallest absolute Gasteiger partial charge is 0.277 e. The lowest BCUT2D eigenvalue weighted by atomic mass is 10.1. The van der Waals surface area contributed by atoms with E-state index >= 15 is 0 Å². The number of thiazole rings is 1. The summed E-state index contributed by atoms with van der Waals surface area (Å²) in [6.07, 6.45) is 1.91. The van der Waals surface area contributed by atoms with Gasteiger partial charge in [0.05, 0.1) is 5.01 Å². The van der Waals surface area contributed by atoms with E-state index in [9.17, 15) is 4.79 Å². The van der Waals surface area contributed by atoms with E-state index in [0.29, 0.717) is 17.4 Å². The van der Waals surface area contributed by atoms with Crippen LogP contribution in [-0.4, -0.2) is 21.0 Å². The Balaban J connectivity index is 1.21. The number of carbonyl (C=O) groups excluding carboxylic acids is 1. The number of nitrogens with zero attached hydrogens (tertiary/aromatic N) is 3. The van der Waals surface area contributed by atoms with Crippen LogP contribution in [0.1, 0.15) is 24.8 Å². The Kier molecular flexibility index (Phi) is 5.44. The highest BCUT2D eigenvalue weighted by Gasteiger charge is 2.44. The van der Waals surface area contributed by atoms with Gasteiger partial charge in [0.1, 0.15) is 5.69 Å². The van der Waals surface area contributed by atoms with Crippen molar-refractivity contribution in [3.8, 4) is 23.0 Å². The van der Waals surface area contributed by atoms with Crippen molar-refractivity contribution in [1.82, 2.24) is 15.1 Å². The van der Waals surface area contributed by atoms with E-state index in [1.165, 1.54) is 11.9 Å². The predicted octanol–water partition coefficient (Wildman–Crippen LogP) is 6.03. The van der Waals surface area contributed by atoms with E-state index in [0.717, 1.165) is 39.7 Å². The monoisotopic (exact) mass is 463 g/mol. The van der Waals surface area contributed by atoms with Crippen LogP contribution in [0.3, 0.4) is 0 Å². The van der Waals surface area contributed by atoms with Crippen molar-refractivity contribution in [1.29, 1.82) is 0 Å². The average Bonchev–Trinajstić information content (AvgIpc) is 3.18. The average molecular weight is 464 g/mol. The minimum absolute atomic E-state index is 0.0902. The molecule has 1 aliphatic rings. The fourth-order valence-electron chi connectivity index (χ4n) is 3.05. The maximum atomic E-state index is 12.3. The maximum absolute atomic E-state index is 12.3. The molecule has 2 aromatic carbocycles. The molecule has 2 heterocycles. The predicted molar refractivity (Wildman–Crippen MR) is 127 cm³/mol. The molecule has 1 saturated carbocycles. The standard InChI is InChI=1S/C23H21N5O2S2/c1-14-24-19(13-31-14)21-26-20(27-30-21)15-6-8-18(9-7-15)32-28-17-5-3-4-16(12-17)25-22(29)23(2)10-11-23/h3-9,12-13,28H,10-11H2,1-2H3,(H,25,29). The summed E-state index contributed by atoms with van der Waals surface area (Å²) in [6.45, 7) is 3.94. The van der Waals surface area contributed by atoms with Gasteiger partial charge in [-0.05, 0) is 74.2 Å².